The van der Waals surface area contributed by atoms with E-state index < -0.39 is 5.54 Å². The number of anilines is 1. The Morgan fingerprint density at radius 1 is 1.03 bits per heavy atom. The quantitative estimate of drug-likeness (QED) is 0.525. The Kier molecular flexibility index (Phi) is 4.07. The van der Waals surface area contributed by atoms with Crippen LogP contribution in [-0.2, 0) is 4.79 Å². The van der Waals surface area contributed by atoms with Crippen LogP contribution in [0.4, 0.5) is 10.1 Å². The van der Waals surface area contributed by atoms with Gasteiger partial charge in [-0.05, 0) is 60.9 Å². The number of benzene rings is 3. The van der Waals surface area contributed by atoms with E-state index in [-0.39, 0.29) is 17.5 Å². The molecule has 0 aliphatic carbocycles. The van der Waals surface area contributed by atoms with Crippen LogP contribution in [0.15, 0.2) is 60.7 Å². The molecule has 0 unspecified atom stereocenters. The number of rotatable bonds is 1. The van der Waals surface area contributed by atoms with E-state index in [1.165, 1.54) is 12.1 Å². The average Bonchev–Trinajstić information content (AvgIpc) is 2.71. The van der Waals surface area contributed by atoms with Crippen molar-refractivity contribution >= 4 is 23.3 Å². The number of nitrogens with one attached hydrogen (secondary N) is 1. The fourth-order valence-electron chi connectivity index (χ4n) is 4.54. The monoisotopic (exact) mass is 399 g/mol. The predicted octanol–water partition coefficient (Wildman–Crippen LogP) is 6.26. The van der Waals surface area contributed by atoms with Crippen molar-refractivity contribution in [2.75, 3.05) is 5.32 Å². The Morgan fingerprint density at radius 3 is 2.63 bits per heavy atom. The molecule has 3 nitrogen and oxygen atoms in total. The van der Waals surface area contributed by atoms with Crippen LogP contribution < -0.4 is 10.1 Å². The molecule has 0 bridgehead atoms. The molecule has 0 radical (unpaired) electrons. The van der Waals surface area contributed by atoms with Gasteiger partial charge >= 0.3 is 0 Å². The summed E-state index contributed by atoms with van der Waals surface area (Å²) in [6.45, 7) is 5.76. The summed E-state index contributed by atoms with van der Waals surface area (Å²) < 4.78 is 20.1. The van der Waals surface area contributed by atoms with Crippen LogP contribution in [-0.4, -0.2) is 11.3 Å². The van der Waals surface area contributed by atoms with Gasteiger partial charge in [-0.25, -0.2) is 4.39 Å². The molecular formula is C26H22FNO2. The van der Waals surface area contributed by atoms with Crippen molar-refractivity contribution in [1.82, 2.24) is 0 Å². The molecule has 2 aliphatic heterocycles. The van der Waals surface area contributed by atoms with Crippen LogP contribution in [0.3, 0.4) is 0 Å². The van der Waals surface area contributed by atoms with Gasteiger partial charge in [0.1, 0.15) is 17.3 Å². The molecule has 1 atom stereocenters. The Morgan fingerprint density at radius 2 is 1.83 bits per heavy atom. The molecule has 2 aliphatic rings. The number of hydrogen-bond acceptors (Lipinski definition) is 3. The molecule has 0 amide bonds. The fourth-order valence-corrected chi connectivity index (χ4v) is 4.54. The zero-order valence-electron chi connectivity index (χ0n) is 17.1. The second kappa shape index (κ2) is 6.56. The van der Waals surface area contributed by atoms with E-state index in [0.717, 1.165) is 33.7 Å². The highest BCUT2D eigenvalue weighted by Crippen LogP contribution is 2.49. The van der Waals surface area contributed by atoms with Gasteiger partial charge in [-0.1, -0.05) is 43.3 Å². The van der Waals surface area contributed by atoms with Crippen molar-refractivity contribution < 1.29 is 13.9 Å². The standard InChI is InChI=1S/C26H22FNO2/c1-15-23-20(28-26(2,3)25(15)29)12-11-19-18-9-4-5-10-21(18)30-22(24(19)23)14-16-7-6-8-17(27)13-16/h4-15,28H,1-3H3/t15-/m1/s1. The largest absolute Gasteiger partial charge is 0.456 e. The van der Waals surface area contributed by atoms with E-state index in [1.807, 2.05) is 63.2 Å². The van der Waals surface area contributed by atoms with Gasteiger partial charge in [0.25, 0.3) is 0 Å². The maximum Gasteiger partial charge on any atom is 0.164 e. The molecule has 1 N–H and O–H groups in total. The van der Waals surface area contributed by atoms with Crippen molar-refractivity contribution in [3.63, 3.8) is 0 Å². The van der Waals surface area contributed by atoms with Gasteiger partial charge in [0.15, 0.2) is 5.78 Å². The lowest BCUT2D eigenvalue weighted by Gasteiger charge is -2.38. The minimum Gasteiger partial charge on any atom is -0.456 e. The second-order valence-corrected chi connectivity index (χ2v) is 8.45. The highest BCUT2D eigenvalue weighted by Gasteiger charge is 2.41. The molecule has 30 heavy (non-hydrogen) atoms. The molecule has 3 aromatic rings. The lowest BCUT2D eigenvalue weighted by molar-refractivity contribution is -0.123. The zero-order valence-corrected chi connectivity index (χ0v) is 17.1. The summed E-state index contributed by atoms with van der Waals surface area (Å²) in [5.74, 6) is 0.897. The third kappa shape index (κ3) is 2.83. The number of ether oxygens (including phenoxy) is 1. The topological polar surface area (TPSA) is 38.3 Å². The highest BCUT2D eigenvalue weighted by molar-refractivity contribution is 6.04. The van der Waals surface area contributed by atoms with Crippen LogP contribution in [0.25, 0.3) is 23.0 Å². The first-order chi connectivity index (χ1) is 14.3. The lowest BCUT2D eigenvalue weighted by Crippen LogP contribution is -2.46. The molecule has 4 heteroatoms. The molecule has 0 saturated carbocycles. The average molecular weight is 399 g/mol. The van der Waals surface area contributed by atoms with Gasteiger partial charge < -0.3 is 10.1 Å². The summed E-state index contributed by atoms with van der Waals surface area (Å²) in [5.41, 5.74) is 4.81. The van der Waals surface area contributed by atoms with E-state index in [4.69, 9.17) is 4.74 Å². The van der Waals surface area contributed by atoms with E-state index in [2.05, 4.69) is 11.4 Å². The summed E-state index contributed by atoms with van der Waals surface area (Å²) in [5, 5.41) is 3.39. The van der Waals surface area contributed by atoms with Crippen LogP contribution in [0.5, 0.6) is 5.75 Å². The van der Waals surface area contributed by atoms with Gasteiger partial charge in [0.05, 0.1) is 5.54 Å². The molecule has 0 spiro atoms. The van der Waals surface area contributed by atoms with Crippen molar-refractivity contribution in [3.8, 4) is 16.9 Å². The summed E-state index contributed by atoms with van der Waals surface area (Å²) in [6, 6.07) is 18.4. The lowest BCUT2D eigenvalue weighted by atomic mass is 9.76. The molecule has 3 aromatic carbocycles. The predicted molar refractivity (Wildman–Crippen MR) is 118 cm³/mol. The number of ketones is 1. The molecule has 150 valence electrons. The zero-order chi connectivity index (χ0) is 21.0. The first-order valence-corrected chi connectivity index (χ1v) is 10.1. The number of Topliss-reactive ketones (excluding diaryl/α,β-unsaturated/α-hetero) is 1. The number of hydrogen-bond donors (Lipinski definition) is 1. The summed E-state index contributed by atoms with van der Waals surface area (Å²) in [6.07, 6.45) is 1.84. The minimum absolute atomic E-state index is 0.132. The van der Waals surface area contributed by atoms with E-state index in [9.17, 15) is 9.18 Å². The van der Waals surface area contributed by atoms with Gasteiger partial charge in [-0.3, -0.25) is 4.79 Å². The molecule has 0 saturated heterocycles. The van der Waals surface area contributed by atoms with E-state index in [0.29, 0.717) is 11.3 Å². The van der Waals surface area contributed by atoms with E-state index in [1.54, 1.807) is 6.07 Å². The SMILES string of the molecule is C[C@H]1C(=O)C(C)(C)Nc2ccc3c(c21)C(=Cc1cccc(F)c1)Oc1ccccc1-3. The van der Waals surface area contributed by atoms with Crippen molar-refractivity contribution in [3.05, 3.63) is 83.2 Å². The number of carbonyl (C=O) groups excluding carboxylic acids is 1. The molecule has 5 rings (SSSR count). The summed E-state index contributed by atoms with van der Waals surface area (Å²) in [4.78, 5) is 13.1. The maximum atomic E-state index is 13.8. The Bertz CT molecular complexity index is 1230. The van der Waals surface area contributed by atoms with Gasteiger partial charge in [-0.15, -0.1) is 0 Å². The number of halogens is 1. The van der Waals surface area contributed by atoms with Crippen LogP contribution in [0, 0.1) is 5.82 Å². The molecule has 0 aromatic heterocycles. The van der Waals surface area contributed by atoms with Gasteiger partial charge in [0, 0.05) is 22.7 Å². The van der Waals surface area contributed by atoms with Crippen LogP contribution in [0.1, 0.15) is 43.4 Å². The minimum atomic E-state index is -0.638. The van der Waals surface area contributed by atoms with Crippen molar-refractivity contribution in [1.29, 1.82) is 0 Å². The summed E-state index contributed by atoms with van der Waals surface area (Å²) in [7, 11) is 0. The van der Waals surface area contributed by atoms with Crippen LogP contribution in [0.2, 0.25) is 0 Å². The molecular weight excluding hydrogens is 377 g/mol. The third-order valence-electron chi connectivity index (χ3n) is 5.92. The van der Waals surface area contributed by atoms with Crippen LogP contribution >= 0.6 is 0 Å². The Labute approximate surface area is 175 Å². The second-order valence-electron chi connectivity index (χ2n) is 8.45. The first kappa shape index (κ1) is 18.6. The number of para-hydroxylation sites is 1. The first-order valence-electron chi connectivity index (χ1n) is 10.1. The Balaban J connectivity index is 1.80. The van der Waals surface area contributed by atoms with Crippen molar-refractivity contribution in [2.45, 2.75) is 32.2 Å². The third-order valence-corrected chi connectivity index (χ3v) is 5.92. The fraction of sp³-hybridized carbons (Fsp3) is 0.192. The normalized spacial score (nSPS) is 19.9. The van der Waals surface area contributed by atoms with E-state index >= 15 is 0 Å². The van der Waals surface area contributed by atoms with Gasteiger partial charge in [-0.2, -0.15) is 0 Å². The highest BCUT2D eigenvalue weighted by atomic mass is 19.1. The molecule has 2 heterocycles. The smallest absolute Gasteiger partial charge is 0.164 e. The number of fused-ring (bicyclic) bond motifs is 5. The number of carbonyl (C=O) groups is 1. The van der Waals surface area contributed by atoms with Gasteiger partial charge in [0.2, 0.25) is 0 Å². The maximum absolute atomic E-state index is 13.8. The summed E-state index contributed by atoms with van der Waals surface area (Å²) >= 11 is 0. The van der Waals surface area contributed by atoms with Crippen molar-refractivity contribution in [2.24, 2.45) is 0 Å². The molecule has 0 fully saturated rings. The Hall–Kier alpha value is -3.40.